The third kappa shape index (κ3) is 6.32. The first-order valence-electron chi connectivity index (χ1n) is 7.17. The van der Waals surface area contributed by atoms with Crippen molar-refractivity contribution in [2.45, 2.75) is 19.9 Å². The van der Waals surface area contributed by atoms with Crippen molar-refractivity contribution in [3.8, 4) is 5.75 Å². The second-order valence-corrected chi connectivity index (χ2v) is 6.75. The van der Waals surface area contributed by atoms with Gasteiger partial charge in [0.05, 0.1) is 19.1 Å². The Balaban J connectivity index is 2.85. The summed E-state index contributed by atoms with van der Waals surface area (Å²) in [5.41, 5.74) is 0.724. The molecule has 1 atom stereocenters. The van der Waals surface area contributed by atoms with Crippen molar-refractivity contribution >= 4 is 33.3 Å². The van der Waals surface area contributed by atoms with Gasteiger partial charge in [0, 0.05) is 12.2 Å². The third-order valence-electron chi connectivity index (χ3n) is 2.85. The van der Waals surface area contributed by atoms with Gasteiger partial charge in [-0.25, -0.2) is 13.2 Å². The van der Waals surface area contributed by atoms with Gasteiger partial charge in [-0.1, -0.05) is 0 Å². The Morgan fingerprint density at radius 3 is 2.50 bits per heavy atom. The number of nitrogens with one attached hydrogen (secondary N) is 4. The Morgan fingerprint density at radius 1 is 1.29 bits per heavy atom. The summed E-state index contributed by atoms with van der Waals surface area (Å²) in [5, 5.41) is 7.53. The maximum absolute atomic E-state index is 11.9. The molecular weight excluding hydrogens is 336 g/mol. The fourth-order valence-corrected chi connectivity index (χ4v) is 2.38. The van der Waals surface area contributed by atoms with E-state index in [-0.39, 0.29) is 5.69 Å². The van der Waals surface area contributed by atoms with E-state index in [1.54, 1.807) is 26.0 Å². The number of carbonyl (C=O) groups excluding carboxylic acids is 2. The highest BCUT2D eigenvalue weighted by molar-refractivity contribution is 7.92. The molecule has 9 nitrogen and oxygen atoms in total. The Labute approximate surface area is 141 Å². The molecule has 0 aliphatic rings. The normalized spacial score (nSPS) is 12.0. The topological polar surface area (TPSA) is 126 Å². The molecule has 0 aliphatic heterocycles. The van der Waals surface area contributed by atoms with E-state index in [2.05, 4.69) is 20.7 Å². The molecule has 0 heterocycles. The fourth-order valence-electron chi connectivity index (χ4n) is 1.82. The van der Waals surface area contributed by atoms with Crippen molar-refractivity contribution in [2.75, 3.05) is 29.9 Å². The van der Waals surface area contributed by atoms with Crippen LogP contribution in [0.4, 0.5) is 16.2 Å². The minimum absolute atomic E-state index is 0.237. The summed E-state index contributed by atoms with van der Waals surface area (Å²) in [6.07, 6.45) is 1.02. The first kappa shape index (κ1) is 19.6. The Morgan fingerprint density at radius 2 is 1.96 bits per heavy atom. The minimum Gasteiger partial charge on any atom is -0.495 e. The van der Waals surface area contributed by atoms with Crippen molar-refractivity contribution in [1.82, 2.24) is 10.6 Å². The van der Waals surface area contributed by atoms with Crippen molar-refractivity contribution in [1.29, 1.82) is 0 Å². The van der Waals surface area contributed by atoms with Crippen LogP contribution in [-0.4, -0.2) is 46.3 Å². The van der Waals surface area contributed by atoms with E-state index >= 15 is 0 Å². The standard InChI is InChI=1S/C14H22N4O5S/c1-5-15-14(20)17-13(19)9(2)16-10-6-7-12(23-3)11(8-10)18-24(4,21)22/h6-9,16,18H,5H2,1-4H3,(H2,15,17,19,20)/t9-/m1/s1. The Bertz CT molecular complexity index is 705. The van der Waals surface area contributed by atoms with E-state index in [0.717, 1.165) is 6.26 Å². The van der Waals surface area contributed by atoms with Crippen LogP contribution < -0.4 is 25.4 Å². The Hall–Kier alpha value is -2.49. The van der Waals surface area contributed by atoms with Gasteiger partial charge in [0.15, 0.2) is 0 Å². The van der Waals surface area contributed by atoms with Crippen LogP contribution in [-0.2, 0) is 14.8 Å². The summed E-state index contributed by atoms with van der Waals surface area (Å²) in [6.45, 7) is 3.71. The summed E-state index contributed by atoms with van der Waals surface area (Å²) in [7, 11) is -2.07. The lowest BCUT2D eigenvalue weighted by molar-refractivity contribution is -0.120. The molecule has 10 heteroatoms. The number of carbonyl (C=O) groups is 2. The molecule has 0 saturated carbocycles. The highest BCUT2D eigenvalue weighted by atomic mass is 32.2. The van der Waals surface area contributed by atoms with Crippen LogP contribution in [0.25, 0.3) is 0 Å². The minimum atomic E-state index is -3.48. The SMILES string of the molecule is CCNC(=O)NC(=O)[C@@H](C)Nc1ccc(OC)c(NS(C)(=O)=O)c1. The van der Waals surface area contributed by atoms with Gasteiger partial charge in [-0.2, -0.15) is 0 Å². The largest absolute Gasteiger partial charge is 0.495 e. The van der Waals surface area contributed by atoms with Crippen molar-refractivity contribution in [2.24, 2.45) is 0 Å². The molecule has 0 bridgehead atoms. The highest BCUT2D eigenvalue weighted by Gasteiger charge is 2.16. The highest BCUT2D eigenvalue weighted by Crippen LogP contribution is 2.28. The van der Waals surface area contributed by atoms with Crippen LogP contribution in [0, 0.1) is 0 Å². The van der Waals surface area contributed by atoms with Gasteiger partial charge in [-0.15, -0.1) is 0 Å². The molecule has 134 valence electrons. The summed E-state index contributed by atoms with van der Waals surface area (Å²) in [5.74, 6) is -0.181. The number of benzene rings is 1. The average Bonchev–Trinajstić information content (AvgIpc) is 2.46. The molecular formula is C14H22N4O5S. The van der Waals surface area contributed by atoms with Gasteiger partial charge in [0.2, 0.25) is 15.9 Å². The first-order valence-corrected chi connectivity index (χ1v) is 9.06. The zero-order chi connectivity index (χ0) is 18.3. The van der Waals surface area contributed by atoms with Gasteiger partial charge in [-0.05, 0) is 32.0 Å². The van der Waals surface area contributed by atoms with E-state index in [1.807, 2.05) is 0 Å². The summed E-state index contributed by atoms with van der Waals surface area (Å²) < 4.78 is 30.2. The third-order valence-corrected chi connectivity index (χ3v) is 3.44. The molecule has 0 radical (unpaired) electrons. The molecule has 1 rings (SSSR count). The number of hydrogen-bond donors (Lipinski definition) is 4. The second-order valence-electron chi connectivity index (χ2n) is 5.00. The molecule has 0 fully saturated rings. The van der Waals surface area contributed by atoms with E-state index in [9.17, 15) is 18.0 Å². The van der Waals surface area contributed by atoms with Crippen LogP contribution in [0.15, 0.2) is 18.2 Å². The van der Waals surface area contributed by atoms with Gasteiger partial charge in [-0.3, -0.25) is 14.8 Å². The Kier molecular flexibility index (Phi) is 6.83. The molecule has 4 N–H and O–H groups in total. The van der Waals surface area contributed by atoms with Crippen LogP contribution >= 0.6 is 0 Å². The zero-order valence-corrected chi connectivity index (χ0v) is 14.8. The predicted octanol–water partition coefficient (Wildman–Crippen LogP) is 0.713. The predicted molar refractivity (Wildman–Crippen MR) is 91.8 cm³/mol. The fraction of sp³-hybridized carbons (Fsp3) is 0.429. The van der Waals surface area contributed by atoms with E-state index < -0.39 is 28.0 Å². The van der Waals surface area contributed by atoms with Crippen LogP contribution in [0.1, 0.15) is 13.8 Å². The molecule has 0 unspecified atom stereocenters. The molecule has 0 spiro atoms. The number of urea groups is 1. The second kappa shape index (κ2) is 8.39. The van der Waals surface area contributed by atoms with Crippen molar-refractivity contribution in [3.05, 3.63) is 18.2 Å². The first-order chi connectivity index (χ1) is 11.2. The van der Waals surface area contributed by atoms with Crippen LogP contribution in [0.3, 0.4) is 0 Å². The van der Waals surface area contributed by atoms with Crippen molar-refractivity contribution < 1.29 is 22.7 Å². The van der Waals surface area contributed by atoms with Gasteiger partial charge in [0.1, 0.15) is 11.8 Å². The van der Waals surface area contributed by atoms with Crippen LogP contribution in [0.2, 0.25) is 0 Å². The molecule has 1 aromatic carbocycles. The number of amides is 3. The maximum Gasteiger partial charge on any atom is 0.321 e. The summed E-state index contributed by atoms with van der Waals surface area (Å²) in [6, 6.07) is 3.39. The summed E-state index contributed by atoms with van der Waals surface area (Å²) in [4.78, 5) is 23.2. The molecule has 3 amide bonds. The average molecular weight is 358 g/mol. The monoisotopic (exact) mass is 358 g/mol. The van der Waals surface area contributed by atoms with E-state index in [4.69, 9.17) is 4.74 Å². The molecule has 0 aliphatic carbocycles. The number of anilines is 2. The maximum atomic E-state index is 11.9. The molecule has 0 aromatic heterocycles. The molecule has 24 heavy (non-hydrogen) atoms. The van der Waals surface area contributed by atoms with Crippen molar-refractivity contribution in [3.63, 3.8) is 0 Å². The van der Waals surface area contributed by atoms with Crippen LogP contribution in [0.5, 0.6) is 5.75 Å². The lowest BCUT2D eigenvalue weighted by Crippen LogP contribution is -2.45. The lowest BCUT2D eigenvalue weighted by Gasteiger charge is -2.17. The van der Waals surface area contributed by atoms with E-state index in [1.165, 1.54) is 13.2 Å². The lowest BCUT2D eigenvalue weighted by atomic mass is 10.2. The molecule has 1 aromatic rings. The summed E-state index contributed by atoms with van der Waals surface area (Å²) >= 11 is 0. The zero-order valence-electron chi connectivity index (χ0n) is 14.0. The number of sulfonamides is 1. The van der Waals surface area contributed by atoms with Gasteiger partial charge >= 0.3 is 6.03 Å². The van der Waals surface area contributed by atoms with E-state index in [0.29, 0.717) is 18.0 Å². The quantitative estimate of drug-likeness (QED) is 0.569. The van der Waals surface area contributed by atoms with Gasteiger partial charge < -0.3 is 15.4 Å². The number of rotatable bonds is 7. The number of imide groups is 1. The smallest absolute Gasteiger partial charge is 0.321 e. The van der Waals surface area contributed by atoms with Gasteiger partial charge in [0.25, 0.3) is 0 Å². The number of methoxy groups -OCH3 is 1. The number of hydrogen-bond acceptors (Lipinski definition) is 6. The number of ether oxygens (including phenoxy) is 1. The molecule has 0 saturated heterocycles.